The molecular formula is C14H17N3. The van der Waals surface area contributed by atoms with Crippen LogP contribution in [0.2, 0.25) is 0 Å². The Morgan fingerprint density at radius 2 is 2.29 bits per heavy atom. The zero-order valence-corrected chi connectivity index (χ0v) is 10.3. The van der Waals surface area contributed by atoms with Gasteiger partial charge in [0.05, 0.1) is 11.4 Å². The molecule has 1 aromatic heterocycles. The number of hydrogen-bond acceptors (Lipinski definition) is 2. The molecule has 1 aliphatic heterocycles. The summed E-state index contributed by atoms with van der Waals surface area (Å²) in [5, 5.41) is 8.16. The van der Waals surface area contributed by atoms with Gasteiger partial charge in [-0.2, -0.15) is 5.10 Å². The third-order valence-corrected chi connectivity index (χ3v) is 3.32. The van der Waals surface area contributed by atoms with Crippen molar-refractivity contribution in [2.75, 3.05) is 11.9 Å². The summed E-state index contributed by atoms with van der Waals surface area (Å²) in [4.78, 5) is 0. The van der Waals surface area contributed by atoms with E-state index in [1.807, 2.05) is 4.68 Å². The number of rotatable bonds is 2. The Labute approximate surface area is 101 Å². The number of hydrogen-bond donors (Lipinski definition) is 1. The van der Waals surface area contributed by atoms with Gasteiger partial charge in [0.2, 0.25) is 0 Å². The highest BCUT2D eigenvalue weighted by atomic mass is 15.3. The van der Waals surface area contributed by atoms with Crippen molar-refractivity contribution in [2.45, 2.75) is 26.7 Å². The first-order valence-electron chi connectivity index (χ1n) is 6.21. The van der Waals surface area contributed by atoms with Gasteiger partial charge < -0.3 is 5.32 Å². The van der Waals surface area contributed by atoms with Crippen LogP contribution in [0.25, 0.3) is 5.69 Å². The van der Waals surface area contributed by atoms with E-state index in [2.05, 4.69) is 43.4 Å². The Morgan fingerprint density at radius 3 is 3.06 bits per heavy atom. The Hall–Kier alpha value is -1.77. The second kappa shape index (κ2) is 3.91. The van der Waals surface area contributed by atoms with Crippen LogP contribution in [-0.4, -0.2) is 16.3 Å². The maximum Gasteiger partial charge on any atom is 0.133 e. The molecule has 17 heavy (non-hydrogen) atoms. The van der Waals surface area contributed by atoms with Crippen molar-refractivity contribution >= 4 is 5.82 Å². The molecule has 0 atom stereocenters. The molecule has 0 spiro atoms. The van der Waals surface area contributed by atoms with E-state index >= 15 is 0 Å². The average Bonchev–Trinajstić information content (AvgIpc) is 2.89. The zero-order chi connectivity index (χ0) is 11.8. The monoisotopic (exact) mass is 227 g/mol. The predicted octanol–water partition coefficient (Wildman–Crippen LogP) is 2.71. The van der Waals surface area contributed by atoms with Crippen LogP contribution in [0.15, 0.2) is 24.3 Å². The van der Waals surface area contributed by atoms with E-state index in [4.69, 9.17) is 5.10 Å². The number of nitrogens with zero attached hydrogens (tertiary/aromatic N) is 2. The summed E-state index contributed by atoms with van der Waals surface area (Å²) in [6.45, 7) is 5.31. The third-order valence-electron chi connectivity index (χ3n) is 3.32. The standard InChI is InChI=1S/C14H17N3/c1-3-13-12-7-8-15-14(12)17(16-13)11-6-4-5-10(2)9-11/h4-6,9,15H,3,7-8H2,1-2H3. The molecule has 2 aromatic rings. The molecule has 1 aromatic carbocycles. The number of aromatic nitrogens is 2. The summed E-state index contributed by atoms with van der Waals surface area (Å²) in [5.41, 5.74) is 5.04. The van der Waals surface area contributed by atoms with Crippen molar-refractivity contribution in [3.63, 3.8) is 0 Å². The van der Waals surface area contributed by atoms with Crippen molar-refractivity contribution in [1.29, 1.82) is 0 Å². The molecule has 3 heteroatoms. The molecule has 3 rings (SSSR count). The van der Waals surface area contributed by atoms with Crippen LogP contribution < -0.4 is 5.32 Å². The lowest BCUT2D eigenvalue weighted by Crippen LogP contribution is -2.04. The topological polar surface area (TPSA) is 29.9 Å². The van der Waals surface area contributed by atoms with Gasteiger partial charge in [-0.05, 0) is 37.5 Å². The van der Waals surface area contributed by atoms with E-state index in [0.29, 0.717) is 0 Å². The van der Waals surface area contributed by atoms with Gasteiger partial charge in [0, 0.05) is 12.1 Å². The van der Waals surface area contributed by atoms with Crippen molar-refractivity contribution in [1.82, 2.24) is 9.78 Å². The largest absolute Gasteiger partial charge is 0.369 e. The first-order chi connectivity index (χ1) is 8.29. The van der Waals surface area contributed by atoms with Gasteiger partial charge in [0.15, 0.2) is 0 Å². The number of benzene rings is 1. The van der Waals surface area contributed by atoms with Gasteiger partial charge in [0.1, 0.15) is 5.82 Å². The fourth-order valence-electron chi connectivity index (χ4n) is 2.48. The maximum absolute atomic E-state index is 4.72. The second-order valence-corrected chi connectivity index (χ2v) is 4.55. The molecular weight excluding hydrogens is 210 g/mol. The van der Waals surface area contributed by atoms with E-state index < -0.39 is 0 Å². The van der Waals surface area contributed by atoms with Crippen LogP contribution in [0.3, 0.4) is 0 Å². The van der Waals surface area contributed by atoms with Crippen molar-refractivity contribution in [3.05, 3.63) is 41.1 Å². The Kier molecular flexibility index (Phi) is 2.39. The molecule has 3 nitrogen and oxygen atoms in total. The minimum atomic E-state index is 1.00. The van der Waals surface area contributed by atoms with Gasteiger partial charge in [-0.1, -0.05) is 19.1 Å². The van der Waals surface area contributed by atoms with E-state index in [1.165, 1.54) is 22.6 Å². The second-order valence-electron chi connectivity index (χ2n) is 4.55. The van der Waals surface area contributed by atoms with Crippen LogP contribution in [0, 0.1) is 6.92 Å². The molecule has 1 aliphatic rings. The van der Waals surface area contributed by atoms with Crippen LogP contribution >= 0.6 is 0 Å². The van der Waals surface area contributed by atoms with E-state index in [1.54, 1.807) is 0 Å². The molecule has 0 saturated carbocycles. The molecule has 0 amide bonds. The van der Waals surface area contributed by atoms with Crippen molar-refractivity contribution < 1.29 is 0 Å². The molecule has 0 unspecified atom stereocenters. The van der Waals surface area contributed by atoms with Gasteiger partial charge in [-0.25, -0.2) is 4.68 Å². The molecule has 88 valence electrons. The SMILES string of the molecule is CCc1nn(-c2cccc(C)c2)c2c1CCN2. The van der Waals surface area contributed by atoms with Gasteiger partial charge in [-0.3, -0.25) is 0 Å². The number of anilines is 1. The van der Waals surface area contributed by atoms with Crippen LogP contribution in [-0.2, 0) is 12.8 Å². The molecule has 2 heterocycles. The first-order valence-corrected chi connectivity index (χ1v) is 6.21. The summed E-state index contributed by atoms with van der Waals surface area (Å²) in [5.74, 6) is 1.19. The average molecular weight is 227 g/mol. The summed E-state index contributed by atoms with van der Waals surface area (Å²) in [6, 6.07) is 8.48. The van der Waals surface area contributed by atoms with Gasteiger partial charge in [-0.15, -0.1) is 0 Å². The first kappa shape index (κ1) is 10.4. The maximum atomic E-state index is 4.72. The summed E-state index contributed by atoms with van der Waals surface area (Å²) >= 11 is 0. The Bertz CT molecular complexity index is 555. The molecule has 0 saturated heterocycles. The van der Waals surface area contributed by atoms with Crippen molar-refractivity contribution in [3.8, 4) is 5.69 Å². The van der Waals surface area contributed by atoms with E-state index in [-0.39, 0.29) is 0 Å². The molecule has 1 N–H and O–H groups in total. The highest BCUT2D eigenvalue weighted by Crippen LogP contribution is 2.28. The lowest BCUT2D eigenvalue weighted by molar-refractivity contribution is 0.831. The quantitative estimate of drug-likeness (QED) is 0.855. The highest BCUT2D eigenvalue weighted by Gasteiger charge is 2.21. The van der Waals surface area contributed by atoms with Crippen molar-refractivity contribution in [2.24, 2.45) is 0 Å². The normalized spacial score (nSPS) is 13.5. The summed E-state index contributed by atoms with van der Waals surface area (Å²) < 4.78 is 2.05. The van der Waals surface area contributed by atoms with Crippen LogP contribution in [0.1, 0.15) is 23.7 Å². The zero-order valence-electron chi connectivity index (χ0n) is 10.3. The van der Waals surface area contributed by atoms with E-state index in [0.717, 1.165) is 25.1 Å². The Morgan fingerprint density at radius 1 is 1.41 bits per heavy atom. The van der Waals surface area contributed by atoms with Gasteiger partial charge in [0.25, 0.3) is 0 Å². The number of nitrogens with one attached hydrogen (secondary N) is 1. The third kappa shape index (κ3) is 1.62. The molecule has 0 aliphatic carbocycles. The molecule has 0 bridgehead atoms. The van der Waals surface area contributed by atoms with Gasteiger partial charge >= 0.3 is 0 Å². The number of fused-ring (bicyclic) bond motifs is 1. The Balaban J connectivity index is 2.15. The van der Waals surface area contributed by atoms with Crippen LogP contribution in [0.5, 0.6) is 0 Å². The lowest BCUT2D eigenvalue weighted by Gasteiger charge is -2.06. The summed E-state index contributed by atoms with van der Waals surface area (Å²) in [7, 11) is 0. The summed E-state index contributed by atoms with van der Waals surface area (Å²) in [6.07, 6.45) is 2.10. The predicted molar refractivity (Wildman–Crippen MR) is 69.9 cm³/mol. The molecule has 0 fully saturated rings. The smallest absolute Gasteiger partial charge is 0.133 e. The minimum Gasteiger partial charge on any atom is -0.369 e. The lowest BCUT2D eigenvalue weighted by atomic mass is 10.2. The number of aryl methyl sites for hydroxylation is 2. The highest BCUT2D eigenvalue weighted by molar-refractivity contribution is 5.57. The van der Waals surface area contributed by atoms with E-state index in [9.17, 15) is 0 Å². The molecule has 0 radical (unpaired) electrons. The minimum absolute atomic E-state index is 1.00. The fourth-order valence-corrected chi connectivity index (χ4v) is 2.48. The van der Waals surface area contributed by atoms with Crippen LogP contribution in [0.4, 0.5) is 5.82 Å². The fraction of sp³-hybridized carbons (Fsp3) is 0.357.